The van der Waals surface area contributed by atoms with Gasteiger partial charge in [0.2, 0.25) is 11.7 Å². The highest BCUT2D eigenvalue weighted by Crippen LogP contribution is 2.22. The molecule has 0 radical (unpaired) electrons. The molecule has 0 aliphatic rings. The molecule has 0 spiro atoms. The molecule has 104 valence electrons. The average Bonchev–Trinajstić information content (AvgIpc) is 2.96. The van der Waals surface area contributed by atoms with Crippen LogP contribution in [0.3, 0.4) is 0 Å². The molecular weight excluding hydrogens is 264 g/mol. The number of aryl methyl sites for hydroxylation is 1. The molecular formula is C16H14N4O. The summed E-state index contributed by atoms with van der Waals surface area (Å²) in [5.41, 5.74) is 2.76. The summed E-state index contributed by atoms with van der Waals surface area (Å²) < 4.78 is 5.19. The molecule has 0 saturated heterocycles. The van der Waals surface area contributed by atoms with Crippen LogP contribution in [0.15, 0.2) is 34.9 Å². The van der Waals surface area contributed by atoms with Crippen LogP contribution in [-0.2, 0) is 6.54 Å². The Hall–Kier alpha value is -2.71. The third kappa shape index (κ3) is 2.76. The van der Waals surface area contributed by atoms with Crippen molar-refractivity contribution in [3.8, 4) is 23.9 Å². The number of nitrogens with zero attached hydrogens (tertiary/aromatic N) is 3. The van der Waals surface area contributed by atoms with Crippen LogP contribution in [0.2, 0.25) is 0 Å². The standard InChI is InChI=1S/C16H14N4O/c1-3-8-17-10-15-19-16(20-21-15)14-9-11(2)12-6-4-5-7-13(12)18-14/h1,4-7,9,17H,8,10H2,2H3. The minimum Gasteiger partial charge on any atom is -0.337 e. The van der Waals surface area contributed by atoms with Crippen molar-refractivity contribution in [2.45, 2.75) is 13.5 Å². The third-order valence-electron chi connectivity index (χ3n) is 3.12. The molecule has 0 atom stereocenters. The Morgan fingerprint density at radius 3 is 3.00 bits per heavy atom. The van der Waals surface area contributed by atoms with Crippen molar-refractivity contribution in [3.63, 3.8) is 0 Å². The fourth-order valence-electron chi connectivity index (χ4n) is 2.14. The first-order valence-electron chi connectivity index (χ1n) is 6.61. The second kappa shape index (κ2) is 5.73. The molecule has 0 bridgehead atoms. The van der Waals surface area contributed by atoms with Gasteiger partial charge in [-0.15, -0.1) is 6.42 Å². The van der Waals surface area contributed by atoms with E-state index in [0.29, 0.717) is 30.5 Å². The van der Waals surface area contributed by atoms with Crippen LogP contribution in [0, 0.1) is 19.3 Å². The lowest BCUT2D eigenvalue weighted by Gasteiger charge is -2.03. The van der Waals surface area contributed by atoms with Gasteiger partial charge in [-0.1, -0.05) is 29.3 Å². The van der Waals surface area contributed by atoms with Crippen molar-refractivity contribution >= 4 is 10.9 Å². The first kappa shape index (κ1) is 13.3. The molecule has 21 heavy (non-hydrogen) atoms. The summed E-state index contributed by atoms with van der Waals surface area (Å²) in [5.74, 6) is 3.47. The second-order valence-corrected chi connectivity index (χ2v) is 4.66. The zero-order valence-electron chi connectivity index (χ0n) is 11.6. The molecule has 1 N–H and O–H groups in total. The molecule has 0 fully saturated rings. The van der Waals surface area contributed by atoms with Crippen LogP contribution in [0.4, 0.5) is 0 Å². The van der Waals surface area contributed by atoms with Crippen LogP contribution in [-0.4, -0.2) is 21.7 Å². The van der Waals surface area contributed by atoms with Gasteiger partial charge < -0.3 is 4.52 Å². The van der Waals surface area contributed by atoms with E-state index in [1.165, 1.54) is 0 Å². The number of benzene rings is 1. The van der Waals surface area contributed by atoms with E-state index < -0.39 is 0 Å². The van der Waals surface area contributed by atoms with Crippen molar-refractivity contribution < 1.29 is 4.52 Å². The number of para-hydroxylation sites is 1. The molecule has 5 heteroatoms. The summed E-state index contributed by atoms with van der Waals surface area (Å²) in [7, 11) is 0. The molecule has 0 saturated carbocycles. The van der Waals surface area contributed by atoms with Crippen molar-refractivity contribution in [2.75, 3.05) is 6.54 Å². The van der Waals surface area contributed by atoms with Crippen molar-refractivity contribution in [1.82, 2.24) is 20.4 Å². The van der Waals surface area contributed by atoms with E-state index in [4.69, 9.17) is 10.9 Å². The normalized spacial score (nSPS) is 10.7. The van der Waals surface area contributed by atoms with Crippen LogP contribution < -0.4 is 5.32 Å². The molecule has 2 aromatic heterocycles. The lowest BCUT2D eigenvalue weighted by Crippen LogP contribution is -2.13. The monoisotopic (exact) mass is 278 g/mol. The fraction of sp³-hybridized carbons (Fsp3) is 0.188. The first-order valence-corrected chi connectivity index (χ1v) is 6.61. The number of pyridine rings is 1. The Bertz CT molecular complexity index is 817. The maximum absolute atomic E-state index is 5.19. The number of terminal acetylenes is 1. The van der Waals surface area contributed by atoms with E-state index in [0.717, 1.165) is 16.5 Å². The number of hydrogen-bond acceptors (Lipinski definition) is 5. The summed E-state index contributed by atoms with van der Waals surface area (Å²) in [6.07, 6.45) is 5.17. The van der Waals surface area contributed by atoms with Crippen molar-refractivity contribution in [1.29, 1.82) is 0 Å². The number of aromatic nitrogens is 3. The number of fused-ring (bicyclic) bond motifs is 1. The summed E-state index contributed by atoms with van der Waals surface area (Å²) in [4.78, 5) is 8.91. The van der Waals surface area contributed by atoms with E-state index in [1.54, 1.807) is 0 Å². The van der Waals surface area contributed by atoms with Crippen LogP contribution in [0.25, 0.3) is 22.4 Å². The topological polar surface area (TPSA) is 63.8 Å². The van der Waals surface area contributed by atoms with E-state index in [9.17, 15) is 0 Å². The van der Waals surface area contributed by atoms with Crippen LogP contribution in [0.1, 0.15) is 11.5 Å². The highest BCUT2D eigenvalue weighted by atomic mass is 16.5. The van der Waals surface area contributed by atoms with E-state index >= 15 is 0 Å². The van der Waals surface area contributed by atoms with Crippen molar-refractivity contribution in [2.24, 2.45) is 0 Å². The van der Waals surface area contributed by atoms with E-state index in [-0.39, 0.29) is 0 Å². The van der Waals surface area contributed by atoms with Gasteiger partial charge in [0.25, 0.3) is 0 Å². The van der Waals surface area contributed by atoms with Gasteiger partial charge >= 0.3 is 0 Å². The molecule has 3 aromatic rings. The maximum atomic E-state index is 5.19. The predicted octanol–water partition coefficient (Wildman–Crippen LogP) is 2.32. The van der Waals surface area contributed by atoms with Gasteiger partial charge in [0.15, 0.2) is 0 Å². The molecule has 0 aliphatic heterocycles. The highest BCUT2D eigenvalue weighted by Gasteiger charge is 2.11. The Balaban J connectivity index is 1.92. The van der Waals surface area contributed by atoms with Gasteiger partial charge in [0, 0.05) is 5.39 Å². The Labute approximate surface area is 122 Å². The van der Waals surface area contributed by atoms with E-state index in [1.807, 2.05) is 37.3 Å². The smallest absolute Gasteiger partial charge is 0.240 e. The summed E-state index contributed by atoms with van der Waals surface area (Å²) in [6.45, 7) is 2.96. The van der Waals surface area contributed by atoms with Gasteiger partial charge in [-0.3, -0.25) is 5.32 Å². The highest BCUT2D eigenvalue weighted by molar-refractivity contribution is 5.84. The Morgan fingerprint density at radius 2 is 2.14 bits per heavy atom. The minimum absolute atomic E-state index is 0.448. The predicted molar refractivity (Wildman–Crippen MR) is 80.3 cm³/mol. The molecule has 0 amide bonds. The second-order valence-electron chi connectivity index (χ2n) is 4.66. The van der Waals surface area contributed by atoms with Gasteiger partial charge in [-0.25, -0.2) is 4.98 Å². The molecule has 1 aromatic carbocycles. The lowest BCUT2D eigenvalue weighted by molar-refractivity contribution is 0.370. The van der Waals surface area contributed by atoms with Crippen molar-refractivity contribution in [3.05, 3.63) is 41.8 Å². The average molecular weight is 278 g/mol. The minimum atomic E-state index is 0.448. The number of rotatable bonds is 4. The summed E-state index contributed by atoms with van der Waals surface area (Å²) in [5, 5.41) is 8.10. The first-order chi connectivity index (χ1) is 10.3. The van der Waals surface area contributed by atoms with Gasteiger partial charge in [-0.05, 0) is 24.6 Å². The largest absolute Gasteiger partial charge is 0.337 e. The van der Waals surface area contributed by atoms with Gasteiger partial charge in [0.05, 0.1) is 18.6 Å². The van der Waals surface area contributed by atoms with Crippen LogP contribution >= 0.6 is 0 Å². The molecule has 0 unspecified atom stereocenters. The van der Waals surface area contributed by atoms with Gasteiger partial charge in [-0.2, -0.15) is 4.98 Å². The molecule has 5 nitrogen and oxygen atoms in total. The number of nitrogens with one attached hydrogen (secondary N) is 1. The maximum Gasteiger partial charge on any atom is 0.240 e. The fourth-order valence-corrected chi connectivity index (χ4v) is 2.14. The number of hydrogen-bond donors (Lipinski definition) is 1. The lowest BCUT2D eigenvalue weighted by atomic mass is 10.1. The third-order valence-corrected chi connectivity index (χ3v) is 3.12. The van der Waals surface area contributed by atoms with Gasteiger partial charge in [0.1, 0.15) is 5.69 Å². The Morgan fingerprint density at radius 1 is 1.29 bits per heavy atom. The molecule has 0 aliphatic carbocycles. The zero-order valence-corrected chi connectivity index (χ0v) is 11.6. The summed E-state index contributed by atoms with van der Waals surface area (Å²) in [6, 6.07) is 9.95. The van der Waals surface area contributed by atoms with E-state index in [2.05, 4.69) is 26.4 Å². The zero-order chi connectivity index (χ0) is 14.7. The Kier molecular flexibility index (Phi) is 3.63. The molecule has 2 heterocycles. The molecule has 3 rings (SSSR count). The summed E-state index contributed by atoms with van der Waals surface area (Å²) >= 11 is 0. The SMILES string of the molecule is C#CCNCc1nc(-c2cc(C)c3ccccc3n2)no1. The van der Waals surface area contributed by atoms with Crippen LogP contribution in [0.5, 0.6) is 0 Å². The quantitative estimate of drug-likeness (QED) is 0.586.